The van der Waals surface area contributed by atoms with Crippen molar-refractivity contribution in [2.45, 2.75) is 26.2 Å². The minimum Gasteiger partial charge on any atom is -0.332 e. The average molecular weight is 442 g/mol. The van der Waals surface area contributed by atoms with Crippen LogP contribution in [0.1, 0.15) is 25.3 Å². The van der Waals surface area contributed by atoms with Gasteiger partial charge in [-0.1, -0.05) is 41.4 Å². The van der Waals surface area contributed by atoms with Crippen LogP contribution in [0.15, 0.2) is 51.4 Å². The topological polar surface area (TPSA) is 24.1 Å². The molecule has 0 aliphatic heterocycles. The first-order chi connectivity index (χ1) is 10.6. The molecule has 0 fully saturated rings. The number of anilines is 2. The standard InChI is InChI=1S/C17H18Br2N2S/c1-2-3-4-12-5-8-14(9-6-12)20-17(22)21-16-10-7-13(18)11-15(16)19/h5-11H,2-4H2,1H3,(H2,20,21,22). The summed E-state index contributed by atoms with van der Waals surface area (Å²) in [5, 5.41) is 6.96. The van der Waals surface area contributed by atoms with Gasteiger partial charge in [0.25, 0.3) is 0 Å². The summed E-state index contributed by atoms with van der Waals surface area (Å²) < 4.78 is 1.98. The number of halogens is 2. The van der Waals surface area contributed by atoms with Crippen molar-refractivity contribution < 1.29 is 0 Å². The highest BCUT2D eigenvalue weighted by molar-refractivity contribution is 9.11. The van der Waals surface area contributed by atoms with E-state index in [0.717, 1.165) is 26.7 Å². The summed E-state index contributed by atoms with van der Waals surface area (Å²) in [6.45, 7) is 2.21. The fourth-order valence-corrected chi connectivity index (χ4v) is 3.39. The van der Waals surface area contributed by atoms with Gasteiger partial charge in [0.15, 0.2) is 5.11 Å². The van der Waals surface area contributed by atoms with Gasteiger partial charge in [-0.3, -0.25) is 0 Å². The molecular formula is C17H18Br2N2S. The Morgan fingerprint density at radius 2 is 1.77 bits per heavy atom. The summed E-state index contributed by atoms with van der Waals surface area (Å²) in [7, 11) is 0. The molecule has 2 nitrogen and oxygen atoms in total. The predicted octanol–water partition coefficient (Wildman–Crippen LogP) is 6.36. The van der Waals surface area contributed by atoms with Crippen LogP contribution in [0.3, 0.4) is 0 Å². The van der Waals surface area contributed by atoms with Crippen LogP contribution in [-0.4, -0.2) is 5.11 Å². The van der Waals surface area contributed by atoms with Gasteiger partial charge >= 0.3 is 0 Å². The molecule has 2 rings (SSSR count). The fraction of sp³-hybridized carbons (Fsp3) is 0.235. The number of benzene rings is 2. The molecule has 0 saturated heterocycles. The minimum atomic E-state index is 0.573. The minimum absolute atomic E-state index is 0.573. The second kappa shape index (κ2) is 8.65. The van der Waals surface area contributed by atoms with Crippen LogP contribution in [0.25, 0.3) is 0 Å². The Hall–Kier alpha value is -0.910. The third kappa shape index (κ3) is 5.38. The highest BCUT2D eigenvalue weighted by atomic mass is 79.9. The van der Waals surface area contributed by atoms with Crippen LogP contribution in [0.2, 0.25) is 0 Å². The maximum atomic E-state index is 5.36. The molecular weight excluding hydrogens is 424 g/mol. The zero-order valence-electron chi connectivity index (χ0n) is 12.3. The van der Waals surface area contributed by atoms with E-state index in [1.54, 1.807) is 0 Å². The summed E-state index contributed by atoms with van der Waals surface area (Å²) in [6, 6.07) is 14.3. The molecule has 0 heterocycles. The second-order valence-corrected chi connectivity index (χ2v) is 7.18. The SMILES string of the molecule is CCCCc1ccc(NC(=S)Nc2ccc(Br)cc2Br)cc1. The first-order valence-corrected chi connectivity index (χ1v) is 9.20. The van der Waals surface area contributed by atoms with Gasteiger partial charge in [0.05, 0.1) is 5.69 Å². The molecule has 0 bridgehead atoms. The van der Waals surface area contributed by atoms with E-state index < -0.39 is 0 Å². The molecule has 2 N–H and O–H groups in total. The van der Waals surface area contributed by atoms with E-state index in [9.17, 15) is 0 Å². The maximum Gasteiger partial charge on any atom is 0.175 e. The van der Waals surface area contributed by atoms with E-state index in [4.69, 9.17) is 12.2 Å². The van der Waals surface area contributed by atoms with Gasteiger partial charge in [0.1, 0.15) is 0 Å². The molecule has 5 heteroatoms. The highest BCUT2D eigenvalue weighted by Gasteiger charge is 2.03. The fourth-order valence-electron chi connectivity index (χ4n) is 2.01. The van der Waals surface area contributed by atoms with Crippen molar-refractivity contribution in [2.75, 3.05) is 10.6 Å². The lowest BCUT2D eigenvalue weighted by Crippen LogP contribution is -2.19. The summed E-state index contributed by atoms with van der Waals surface area (Å²) in [5.41, 5.74) is 3.29. The number of hydrogen-bond donors (Lipinski definition) is 2. The van der Waals surface area contributed by atoms with Gasteiger partial charge in [0, 0.05) is 14.6 Å². The van der Waals surface area contributed by atoms with Gasteiger partial charge in [-0.2, -0.15) is 0 Å². The number of hydrogen-bond acceptors (Lipinski definition) is 1. The number of thiocarbonyl (C=S) groups is 1. The molecule has 116 valence electrons. The Balaban J connectivity index is 1.94. The number of rotatable bonds is 5. The molecule has 0 aromatic heterocycles. The van der Waals surface area contributed by atoms with E-state index in [0.29, 0.717) is 5.11 Å². The molecule has 0 spiro atoms. The Morgan fingerprint density at radius 1 is 1.05 bits per heavy atom. The third-order valence-electron chi connectivity index (χ3n) is 3.21. The third-order valence-corrected chi connectivity index (χ3v) is 4.56. The lowest BCUT2D eigenvalue weighted by Gasteiger charge is -2.12. The van der Waals surface area contributed by atoms with Crippen molar-refractivity contribution in [3.05, 3.63) is 57.0 Å². The van der Waals surface area contributed by atoms with Gasteiger partial charge in [-0.15, -0.1) is 0 Å². The number of nitrogens with one attached hydrogen (secondary N) is 2. The Bertz CT molecular complexity index is 642. The molecule has 22 heavy (non-hydrogen) atoms. The molecule has 2 aromatic rings. The molecule has 0 saturated carbocycles. The van der Waals surface area contributed by atoms with E-state index in [1.807, 2.05) is 18.2 Å². The molecule has 0 aliphatic rings. The van der Waals surface area contributed by atoms with Crippen molar-refractivity contribution in [1.82, 2.24) is 0 Å². The first kappa shape index (κ1) is 17.4. The lowest BCUT2D eigenvalue weighted by molar-refractivity contribution is 0.795. The van der Waals surface area contributed by atoms with Crippen molar-refractivity contribution in [1.29, 1.82) is 0 Å². The van der Waals surface area contributed by atoms with Crippen LogP contribution in [0.5, 0.6) is 0 Å². The van der Waals surface area contributed by atoms with E-state index in [1.165, 1.54) is 18.4 Å². The van der Waals surface area contributed by atoms with Crippen LogP contribution < -0.4 is 10.6 Å². The van der Waals surface area contributed by atoms with E-state index in [-0.39, 0.29) is 0 Å². The van der Waals surface area contributed by atoms with Crippen molar-refractivity contribution >= 4 is 60.6 Å². The van der Waals surface area contributed by atoms with E-state index >= 15 is 0 Å². The van der Waals surface area contributed by atoms with Crippen LogP contribution in [0.4, 0.5) is 11.4 Å². The summed E-state index contributed by atoms with van der Waals surface area (Å²) in [4.78, 5) is 0. The Morgan fingerprint density at radius 3 is 2.41 bits per heavy atom. The van der Waals surface area contributed by atoms with Gasteiger partial charge in [0.2, 0.25) is 0 Å². The van der Waals surface area contributed by atoms with Gasteiger partial charge in [-0.25, -0.2) is 0 Å². The van der Waals surface area contributed by atoms with Crippen molar-refractivity contribution in [3.8, 4) is 0 Å². The number of aryl methyl sites for hydroxylation is 1. The Labute approximate surface area is 154 Å². The van der Waals surface area contributed by atoms with Crippen molar-refractivity contribution in [2.24, 2.45) is 0 Å². The second-order valence-electron chi connectivity index (χ2n) is 5.00. The average Bonchev–Trinajstić information content (AvgIpc) is 2.49. The van der Waals surface area contributed by atoms with Crippen molar-refractivity contribution in [3.63, 3.8) is 0 Å². The van der Waals surface area contributed by atoms with Crippen LogP contribution in [-0.2, 0) is 6.42 Å². The maximum absolute atomic E-state index is 5.36. The largest absolute Gasteiger partial charge is 0.332 e. The summed E-state index contributed by atoms with van der Waals surface area (Å²) in [6.07, 6.45) is 3.58. The first-order valence-electron chi connectivity index (χ1n) is 7.20. The highest BCUT2D eigenvalue weighted by Crippen LogP contribution is 2.26. The summed E-state index contributed by atoms with van der Waals surface area (Å²) >= 11 is 12.3. The molecule has 0 aliphatic carbocycles. The zero-order valence-corrected chi connectivity index (χ0v) is 16.3. The Kier molecular flexibility index (Phi) is 6.86. The zero-order chi connectivity index (χ0) is 15.9. The predicted molar refractivity (Wildman–Crippen MR) is 107 cm³/mol. The van der Waals surface area contributed by atoms with Crippen LogP contribution >= 0.6 is 44.1 Å². The summed E-state index contributed by atoms with van der Waals surface area (Å²) in [5.74, 6) is 0. The monoisotopic (exact) mass is 440 g/mol. The molecule has 0 amide bonds. The van der Waals surface area contributed by atoms with Gasteiger partial charge < -0.3 is 10.6 Å². The van der Waals surface area contributed by atoms with E-state index in [2.05, 4.69) is 73.7 Å². The molecule has 0 unspecified atom stereocenters. The smallest absolute Gasteiger partial charge is 0.175 e. The molecule has 2 aromatic carbocycles. The van der Waals surface area contributed by atoms with Gasteiger partial charge in [-0.05, 0) is 76.9 Å². The molecule has 0 atom stereocenters. The normalized spacial score (nSPS) is 10.3. The lowest BCUT2D eigenvalue weighted by atomic mass is 10.1. The molecule has 0 radical (unpaired) electrons. The number of unbranched alkanes of at least 4 members (excludes halogenated alkanes) is 1. The van der Waals surface area contributed by atoms with Crippen LogP contribution in [0, 0.1) is 0 Å². The quantitative estimate of drug-likeness (QED) is 0.527.